The van der Waals surface area contributed by atoms with Crippen LogP contribution in [0.4, 0.5) is 5.69 Å². The Kier molecular flexibility index (Phi) is 4.38. The van der Waals surface area contributed by atoms with Crippen molar-refractivity contribution in [2.75, 3.05) is 19.1 Å². The summed E-state index contributed by atoms with van der Waals surface area (Å²) in [5.74, 6) is 0.462. The molecule has 0 radical (unpaired) electrons. The van der Waals surface area contributed by atoms with Crippen LogP contribution in [0.15, 0.2) is 54.6 Å². The zero-order chi connectivity index (χ0) is 14.5. The van der Waals surface area contributed by atoms with E-state index in [4.69, 9.17) is 10.5 Å². The number of benzene rings is 2. The molecule has 1 amide bonds. The number of carbonyl (C=O) groups excluding carboxylic acids is 1. The Morgan fingerprint density at radius 1 is 1.10 bits per heavy atom. The van der Waals surface area contributed by atoms with Gasteiger partial charge < -0.3 is 15.4 Å². The molecule has 0 unspecified atom stereocenters. The third-order valence-electron chi connectivity index (χ3n) is 3.20. The van der Waals surface area contributed by atoms with Gasteiger partial charge in [-0.05, 0) is 17.7 Å². The second kappa shape index (κ2) is 6.21. The van der Waals surface area contributed by atoms with Crippen molar-refractivity contribution in [1.82, 2.24) is 0 Å². The van der Waals surface area contributed by atoms with Gasteiger partial charge >= 0.3 is 0 Å². The van der Waals surface area contributed by atoms with Gasteiger partial charge in [0.1, 0.15) is 11.8 Å². The summed E-state index contributed by atoms with van der Waals surface area (Å²) in [6.07, 6.45) is 0. The summed E-state index contributed by atoms with van der Waals surface area (Å²) in [4.78, 5) is 14.0. The number of rotatable bonds is 4. The fraction of sp³-hybridized carbons (Fsp3) is 0.188. The van der Waals surface area contributed by atoms with Crippen LogP contribution >= 0.6 is 0 Å². The lowest BCUT2D eigenvalue weighted by atomic mass is 10.1. The molecule has 1 atom stereocenters. The summed E-state index contributed by atoms with van der Waals surface area (Å²) in [5, 5.41) is 0. The van der Waals surface area contributed by atoms with E-state index in [1.807, 2.05) is 54.6 Å². The third-order valence-corrected chi connectivity index (χ3v) is 3.20. The molecule has 0 saturated heterocycles. The molecule has 0 heterocycles. The summed E-state index contributed by atoms with van der Waals surface area (Å²) in [6, 6.07) is 16.0. The largest absolute Gasteiger partial charge is 0.495 e. The van der Waals surface area contributed by atoms with Crippen LogP contribution in [-0.2, 0) is 4.79 Å². The van der Waals surface area contributed by atoms with Gasteiger partial charge in [-0.3, -0.25) is 4.79 Å². The maximum Gasteiger partial charge on any atom is 0.248 e. The highest BCUT2D eigenvalue weighted by Crippen LogP contribution is 2.28. The van der Waals surface area contributed by atoms with Gasteiger partial charge in [0.05, 0.1) is 12.8 Å². The molecule has 0 aliphatic heterocycles. The van der Waals surface area contributed by atoms with E-state index < -0.39 is 6.04 Å². The van der Waals surface area contributed by atoms with Crippen molar-refractivity contribution in [2.45, 2.75) is 6.04 Å². The van der Waals surface area contributed by atoms with Crippen LogP contribution in [-0.4, -0.2) is 20.1 Å². The molecule has 0 fully saturated rings. The van der Waals surface area contributed by atoms with Crippen LogP contribution in [0, 0.1) is 0 Å². The molecule has 0 aliphatic rings. The second-order valence-electron chi connectivity index (χ2n) is 4.46. The summed E-state index contributed by atoms with van der Waals surface area (Å²) in [6.45, 7) is 0. The fourth-order valence-electron chi connectivity index (χ4n) is 2.04. The first-order valence-corrected chi connectivity index (χ1v) is 6.36. The van der Waals surface area contributed by atoms with Gasteiger partial charge in [0.25, 0.3) is 0 Å². The Balaban J connectivity index is 2.24. The van der Waals surface area contributed by atoms with Crippen molar-refractivity contribution >= 4 is 11.6 Å². The standard InChI is InChI=1S/C16H18N2O2/c1-18(13-10-6-7-11-14(13)20-2)16(19)15(17)12-8-4-3-5-9-12/h3-11,15H,17H2,1-2H3/t15-/m1/s1. The number of anilines is 1. The maximum atomic E-state index is 12.5. The average Bonchev–Trinajstić information content (AvgIpc) is 2.53. The normalized spacial score (nSPS) is 11.8. The molecule has 104 valence electrons. The molecule has 0 saturated carbocycles. The number of methoxy groups -OCH3 is 1. The van der Waals surface area contributed by atoms with Crippen LogP contribution in [0.2, 0.25) is 0 Å². The highest BCUT2D eigenvalue weighted by atomic mass is 16.5. The number of para-hydroxylation sites is 2. The number of ether oxygens (including phenoxy) is 1. The van der Waals surface area contributed by atoms with E-state index in [-0.39, 0.29) is 5.91 Å². The monoisotopic (exact) mass is 270 g/mol. The highest BCUT2D eigenvalue weighted by molar-refractivity contribution is 5.98. The van der Waals surface area contributed by atoms with Crippen molar-refractivity contribution < 1.29 is 9.53 Å². The molecule has 0 aliphatic carbocycles. The van der Waals surface area contributed by atoms with Crippen LogP contribution in [0.5, 0.6) is 5.75 Å². The van der Waals surface area contributed by atoms with Gasteiger partial charge in [-0.15, -0.1) is 0 Å². The van der Waals surface area contributed by atoms with Gasteiger partial charge in [-0.25, -0.2) is 0 Å². The Bertz CT molecular complexity index is 584. The number of hydrogen-bond donors (Lipinski definition) is 1. The lowest BCUT2D eigenvalue weighted by Crippen LogP contribution is -2.36. The van der Waals surface area contributed by atoms with Crippen LogP contribution in [0.3, 0.4) is 0 Å². The van der Waals surface area contributed by atoms with Crippen LogP contribution < -0.4 is 15.4 Å². The minimum Gasteiger partial charge on any atom is -0.495 e. The lowest BCUT2D eigenvalue weighted by molar-refractivity contribution is -0.119. The van der Waals surface area contributed by atoms with Crippen LogP contribution in [0.1, 0.15) is 11.6 Å². The molecule has 0 spiro atoms. The molecular formula is C16H18N2O2. The number of nitrogens with zero attached hydrogens (tertiary/aromatic N) is 1. The summed E-state index contributed by atoms with van der Waals surface area (Å²) < 4.78 is 5.27. The number of amides is 1. The van der Waals surface area contributed by atoms with Gasteiger partial charge in [0.15, 0.2) is 0 Å². The first kappa shape index (κ1) is 14.1. The number of likely N-dealkylation sites (N-methyl/N-ethyl adjacent to an activating group) is 1. The van der Waals surface area contributed by atoms with E-state index in [9.17, 15) is 4.79 Å². The number of nitrogens with two attached hydrogens (primary N) is 1. The molecule has 4 nitrogen and oxygen atoms in total. The van der Waals surface area contributed by atoms with Crippen molar-refractivity contribution in [2.24, 2.45) is 5.73 Å². The lowest BCUT2D eigenvalue weighted by Gasteiger charge is -2.23. The van der Waals surface area contributed by atoms with E-state index in [1.165, 1.54) is 4.90 Å². The van der Waals surface area contributed by atoms with Gasteiger partial charge in [0.2, 0.25) is 5.91 Å². The first-order chi connectivity index (χ1) is 9.65. The molecule has 0 aromatic heterocycles. The van der Waals surface area contributed by atoms with Gasteiger partial charge in [0, 0.05) is 7.05 Å². The van der Waals surface area contributed by atoms with Crippen molar-refractivity contribution in [1.29, 1.82) is 0 Å². The van der Waals surface area contributed by atoms with E-state index >= 15 is 0 Å². The maximum absolute atomic E-state index is 12.5. The van der Waals surface area contributed by atoms with Gasteiger partial charge in [-0.1, -0.05) is 42.5 Å². The Labute approximate surface area is 118 Å². The average molecular weight is 270 g/mol. The molecule has 2 aromatic carbocycles. The smallest absolute Gasteiger partial charge is 0.248 e. The Hall–Kier alpha value is -2.33. The highest BCUT2D eigenvalue weighted by Gasteiger charge is 2.22. The van der Waals surface area contributed by atoms with Crippen molar-refractivity contribution in [3.05, 3.63) is 60.2 Å². The fourth-order valence-corrected chi connectivity index (χ4v) is 2.04. The summed E-state index contributed by atoms with van der Waals surface area (Å²) in [5.41, 5.74) is 7.53. The minimum absolute atomic E-state index is 0.180. The van der Waals surface area contributed by atoms with Gasteiger partial charge in [-0.2, -0.15) is 0 Å². The van der Waals surface area contributed by atoms with E-state index in [1.54, 1.807) is 14.2 Å². The predicted molar refractivity (Wildman–Crippen MR) is 79.8 cm³/mol. The Morgan fingerprint density at radius 2 is 1.70 bits per heavy atom. The van der Waals surface area contributed by atoms with E-state index in [0.717, 1.165) is 5.56 Å². The molecule has 4 heteroatoms. The predicted octanol–water partition coefficient (Wildman–Crippen LogP) is 2.36. The summed E-state index contributed by atoms with van der Waals surface area (Å²) >= 11 is 0. The van der Waals surface area contributed by atoms with E-state index in [0.29, 0.717) is 11.4 Å². The third kappa shape index (κ3) is 2.81. The zero-order valence-electron chi connectivity index (χ0n) is 11.6. The second-order valence-corrected chi connectivity index (χ2v) is 4.46. The Morgan fingerprint density at radius 3 is 2.35 bits per heavy atom. The van der Waals surface area contributed by atoms with Crippen LogP contribution in [0.25, 0.3) is 0 Å². The quantitative estimate of drug-likeness (QED) is 0.928. The molecule has 20 heavy (non-hydrogen) atoms. The summed E-state index contributed by atoms with van der Waals surface area (Å²) in [7, 11) is 3.28. The molecular weight excluding hydrogens is 252 g/mol. The van der Waals surface area contributed by atoms with Crippen molar-refractivity contribution in [3.8, 4) is 5.75 Å². The first-order valence-electron chi connectivity index (χ1n) is 6.36. The SMILES string of the molecule is COc1ccccc1N(C)C(=O)[C@H](N)c1ccccc1. The zero-order valence-corrected chi connectivity index (χ0v) is 11.6. The topological polar surface area (TPSA) is 55.6 Å². The number of carbonyl (C=O) groups is 1. The molecule has 2 aromatic rings. The minimum atomic E-state index is -0.689. The van der Waals surface area contributed by atoms with E-state index in [2.05, 4.69) is 0 Å². The van der Waals surface area contributed by atoms with Crippen molar-refractivity contribution in [3.63, 3.8) is 0 Å². The molecule has 0 bridgehead atoms. The molecule has 2 rings (SSSR count). The molecule has 2 N–H and O–H groups in total. The number of hydrogen-bond acceptors (Lipinski definition) is 3.